The number of rotatable bonds is 4. The maximum atomic E-state index is 4.86. The van der Waals surface area contributed by atoms with Crippen LogP contribution in [0.25, 0.3) is 33.3 Å². The Kier molecular flexibility index (Phi) is 3.78. The molecule has 0 aliphatic heterocycles. The number of hydrogen-bond donors (Lipinski definition) is 1. The zero-order chi connectivity index (χ0) is 18.5. The maximum Gasteiger partial charge on any atom is 0.177 e. The number of fused-ring (bicyclic) bond motifs is 2. The first-order valence-corrected chi connectivity index (χ1v) is 9.92. The Morgan fingerprint density at radius 1 is 1.22 bits per heavy atom. The SMILES string of the molecule is Cc1nc2ncc(-c3c[nH]c4nc(CC5CCC5)ccc34)cc2n1C(C)C. The van der Waals surface area contributed by atoms with Crippen LogP contribution in [0.2, 0.25) is 0 Å². The van der Waals surface area contributed by atoms with Gasteiger partial charge in [0.25, 0.3) is 0 Å². The van der Waals surface area contributed by atoms with Crippen molar-refractivity contribution in [3.05, 3.63) is 42.1 Å². The molecule has 0 atom stereocenters. The lowest BCUT2D eigenvalue weighted by Crippen LogP contribution is -2.14. The van der Waals surface area contributed by atoms with Gasteiger partial charge in [-0.2, -0.15) is 0 Å². The van der Waals surface area contributed by atoms with Crippen LogP contribution in [0.3, 0.4) is 0 Å². The van der Waals surface area contributed by atoms with Crippen LogP contribution >= 0.6 is 0 Å². The fourth-order valence-electron chi connectivity index (χ4n) is 4.28. The van der Waals surface area contributed by atoms with E-state index in [9.17, 15) is 0 Å². The molecule has 0 spiro atoms. The molecule has 1 aliphatic rings. The number of H-pyrrole nitrogens is 1. The zero-order valence-electron chi connectivity index (χ0n) is 16.2. The van der Waals surface area contributed by atoms with Crippen molar-refractivity contribution in [1.82, 2.24) is 24.5 Å². The van der Waals surface area contributed by atoms with E-state index in [0.717, 1.165) is 51.5 Å². The average Bonchev–Trinajstić information content (AvgIpc) is 3.16. The fraction of sp³-hybridized carbons (Fsp3) is 0.409. The summed E-state index contributed by atoms with van der Waals surface area (Å²) < 4.78 is 2.25. The van der Waals surface area contributed by atoms with Gasteiger partial charge in [0, 0.05) is 40.6 Å². The highest BCUT2D eigenvalue weighted by Crippen LogP contribution is 2.32. The summed E-state index contributed by atoms with van der Waals surface area (Å²) in [6, 6.07) is 6.95. The minimum atomic E-state index is 0.353. The van der Waals surface area contributed by atoms with Gasteiger partial charge >= 0.3 is 0 Å². The number of hydrogen-bond acceptors (Lipinski definition) is 3. The minimum absolute atomic E-state index is 0.353. The van der Waals surface area contributed by atoms with Crippen LogP contribution in [0.15, 0.2) is 30.6 Å². The van der Waals surface area contributed by atoms with Gasteiger partial charge in [0.05, 0.1) is 5.52 Å². The summed E-state index contributed by atoms with van der Waals surface area (Å²) in [5, 5.41) is 1.15. The Balaban J connectivity index is 1.57. The first kappa shape index (κ1) is 16.5. The Bertz CT molecular complexity index is 1130. The summed E-state index contributed by atoms with van der Waals surface area (Å²) in [6.07, 6.45) is 9.15. The van der Waals surface area contributed by atoms with Gasteiger partial charge in [0.2, 0.25) is 0 Å². The number of imidazole rings is 1. The third-order valence-corrected chi connectivity index (χ3v) is 5.87. The van der Waals surface area contributed by atoms with Crippen molar-refractivity contribution in [3.63, 3.8) is 0 Å². The van der Waals surface area contributed by atoms with E-state index in [1.54, 1.807) is 0 Å². The van der Waals surface area contributed by atoms with E-state index in [4.69, 9.17) is 4.98 Å². The Morgan fingerprint density at radius 2 is 2.07 bits per heavy atom. The molecule has 1 aliphatic carbocycles. The molecule has 1 N–H and O–H groups in total. The maximum absolute atomic E-state index is 4.86. The third-order valence-electron chi connectivity index (χ3n) is 5.87. The van der Waals surface area contributed by atoms with E-state index < -0.39 is 0 Å². The normalized spacial score (nSPS) is 15.1. The summed E-state index contributed by atoms with van der Waals surface area (Å²) in [5.74, 6) is 1.83. The predicted molar refractivity (Wildman–Crippen MR) is 109 cm³/mol. The second kappa shape index (κ2) is 6.19. The number of aryl methyl sites for hydroxylation is 1. The summed E-state index contributed by atoms with van der Waals surface area (Å²) in [7, 11) is 0. The molecule has 0 amide bonds. The molecule has 5 heteroatoms. The van der Waals surface area contributed by atoms with Crippen molar-refractivity contribution in [2.24, 2.45) is 5.92 Å². The van der Waals surface area contributed by atoms with Crippen molar-refractivity contribution in [1.29, 1.82) is 0 Å². The molecule has 5 rings (SSSR count). The molecule has 0 bridgehead atoms. The van der Waals surface area contributed by atoms with Gasteiger partial charge in [0.1, 0.15) is 11.5 Å². The number of nitrogens with zero attached hydrogens (tertiary/aromatic N) is 4. The molecule has 0 aromatic carbocycles. The summed E-state index contributed by atoms with van der Waals surface area (Å²) in [4.78, 5) is 17.4. The smallest absolute Gasteiger partial charge is 0.177 e. The fourth-order valence-corrected chi connectivity index (χ4v) is 4.28. The quantitative estimate of drug-likeness (QED) is 0.544. The summed E-state index contributed by atoms with van der Waals surface area (Å²) >= 11 is 0. The highest BCUT2D eigenvalue weighted by atomic mass is 15.1. The van der Waals surface area contributed by atoms with Gasteiger partial charge in [-0.15, -0.1) is 0 Å². The molecule has 4 aromatic rings. The Hall–Kier alpha value is -2.69. The minimum Gasteiger partial charge on any atom is -0.346 e. The van der Waals surface area contributed by atoms with Crippen molar-refractivity contribution < 1.29 is 0 Å². The number of aromatic nitrogens is 5. The van der Waals surface area contributed by atoms with E-state index >= 15 is 0 Å². The van der Waals surface area contributed by atoms with Crippen molar-refractivity contribution in [2.75, 3.05) is 0 Å². The Morgan fingerprint density at radius 3 is 2.81 bits per heavy atom. The van der Waals surface area contributed by atoms with Crippen LogP contribution in [0.5, 0.6) is 0 Å². The van der Waals surface area contributed by atoms with E-state index in [0.29, 0.717) is 6.04 Å². The lowest BCUT2D eigenvalue weighted by atomic mass is 9.82. The molecule has 5 nitrogen and oxygen atoms in total. The second-order valence-corrected chi connectivity index (χ2v) is 8.09. The first-order valence-electron chi connectivity index (χ1n) is 9.92. The molecular weight excluding hydrogens is 334 g/mol. The van der Waals surface area contributed by atoms with Gasteiger partial charge in [-0.1, -0.05) is 19.3 Å². The highest BCUT2D eigenvalue weighted by Gasteiger charge is 2.19. The van der Waals surface area contributed by atoms with Crippen molar-refractivity contribution in [3.8, 4) is 11.1 Å². The molecule has 0 radical (unpaired) electrons. The van der Waals surface area contributed by atoms with Gasteiger partial charge in [-0.25, -0.2) is 15.0 Å². The molecule has 4 aromatic heterocycles. The van der Waals surface area contributed by atoms with Crippen LogP contribution in [-0.2, 0) is 6.42 Å². The molecule has 4 heterocycles. The van der Waals surface area contributed by atoms with Crippen LogP contribution in [0.4, 0.5) is 0 Å². The van der Waals surface area contributed by atoms with Crippen LogP contribution in [0.1, 0.15) is 50.7 Å². The molecule has 138 valence electrons. The number of aromatic amines is 1. The average molecular weight is 359 g/mol. The zero-order valence-corrected chi connectivity index (χ0v) is 16.2. The lowest BCUT2D eigenvalue weighted by molar-refractivity contribution is 0.312. The van der Waals surface area contributed by atoms with Gasteiger partial charge in [0.15, 0.2) is 5.65 Å². The highest BCUT2D eigenvalue weighted by molar-refractivity contribution is 5.95. The monoisotopic (exact) mass is 359 g/mol. The van der Waals surface area contributed by atoms with Crippen LogP contribution in [0, 0.1) is 12.8 Å². The van der Waals surface area contributed by atoms with Crippen molar-refractivity contribution in [2.45, 2.75) is 52.5 Å². The molecule has 0 unspecified atom stereocenters. The molecule has 27 heavy (non-hydrogen) atoms. The first-order chi connectivity index (χ1) is 13.1. The van der Waals surface area contributed by atoms with E-state index in [2.05, 4.69) is 57.8 Å². The van der Waals surface area contributed by atoms with E-state index in [1.165, 1.54) is 25.0 Å². The topological polar surface area (TPSA) is 59.4 Å². The molecule has 1 saturated carbocycles. The molecule has 1 fully saturated rings. The standard InChI is InChI=1S/C22H25N5/c1-13(2)27-14(3)25-22-20(27)10-16(11-23-22)19-12-24-21-18(19)8-7-17(26-21)9-15-5-4-6-15/h7-8,10-13,15H,4-6,9H2,1-3H3,(H,24,26). The summed E-state index contributed by atoms with van der Waals surface area (Å²) in [6.45, 7) is 6.40. The summed E-state index contributed by atoms with van der Waals surface area (Å²) in [5.41, 5.74) is 6.31. The lowest BCUT2D eigenvalue weighted by Gasteiger charge is -2.24. The molecular formula is C22H25N5. The Labute approximate surface area is 158 Å². The largest absolute Gasteiger partial charge is 0.346 e. The third kappa shape index (κ3) is 2.73. The number of nitrogens with one attached hydrogen (secondary N) is 1. The van der Waals surface area contributed by atoms with E-state index in [1.807, 2.05) is 13.1 Å². The van der Waals surface area contributed by atoms with Crippen molar-refractivity contribution >= 4 is 22.2 Å². The van der Waals surface area contributed by atoms with E-state index in [-0.39, 0.29) is 0 Å². The van der Waals surface area contributed by atoms with Gasteiger partial charge in [-0.3, -0.25) is 0 Å². The van der Waals surface area contributed by atoms with Crippen LogP contribution in [-0.4, -0.2) is 24.5 Å². The predicted octanol–water partition coefficient (Wildman–Crippen LogP) is 5.21. The van der Waals surface area contributed by atoms with Gasteiger partial charge in [-0.05, 0) is 51.3 Å². The van der Waals surface area contributed by atoms with Gasteiger partial charge < -0.3 is 9.55 Å². The molecule has 0 saturated heterocycles. The number of pyridine rings is 2. The second-order valence-electron chi connectivity index (χ2n) is 8.09. The van der Waals surface area contributed by atoms with Crippen LogP contribution < -0.4 is 0 Å².